The molecule has 3 aromatic rings. The molecule has 0 aliphatic rings. The van der Waals surface area contributed by atoms with E-state index in [0.717, 1.165) is 50.6 Å². The van der Waals surface area contributed by atoms with Crippen molar-refractivity contribution in [3.63, 3.8) is 0 Å². The van der Waals surface area contributed by atoms with Gasteiger partial charge in [-0.05, 0) is 70.9 Å². The maximum Gasteiger partial charge on any atom is 0.169 e. The van der Waals surface area contributed by atoms with Crippen molar-refractivity contribution in [2.45, 2.75) is 176 Å². The number of benzene rings is 1. The number of ether oxygens (including phenoxy) is 1. The summed E-state index contributed by atoms with van der Waals surface area (Å²) in [4.78, 5) is 0. The molecule has 0 unspecified atom stereocenters. The largest absolute Gasteiger partial charge is 0.494 e. The van der Waals surface area contributed by atoms with Crippen LogP contribution >= 0.6 is 0 Å². The molecule has 0 spiro atoms. The molecule has 0 aliphatic carbocycles. The zero-order valence-corrected chi connectivity index (χ0v) is 32.5. The Morgan fingerprint density at radius 2 is 1.00 bits per heavy atom. The molecular formula is C45H72N2O+2. The van der Waals surface area contributed by atoms with E-state index >= 15 is 0 Å². The van der Waals surface area contributed by atoms with E-state index in [1.54, 1.807) is 0 Å². The van der Waals surface area contributed by atoms with Gasteiger partial charge in [-0.1, -0.05) is 126 Å². The van der Waals surface area contributed by atoms with Crippen molar-refractivity contribution in [1.82, 2.24) is 0 Å². The summed E-state index contributed by atoms with van der Waals surface area (Å²) in [6.07, 6.45) is 29.1. The maximum absolute atomic E-state index is 6.28. The molecule has 0 saturated heterocycles. The number of aryl methyl sites for hydroxylation is 1. The summed E-state index contributed by atoms with van der Waals surface area (Å²) in [6, 6.07) is 16.0. The molecule has 3 rings (SSSR count). The lowest BCUT2D eigenvalue weighted by Gasteiger charge is -2.26. The number of aromatic nitrogens is 2. The van der Waals surface area contributed by atoms with Gasteiger partial charge in [0.25, 0.3) is 0 Å². The molecule has 0 amide bonds. The Morgan fingerprint density at radius 1 is 0.542 bits per heavy atom. The normalized spacial score (nSPS) is 12.2. The number of rotatable bonds is 22. The zero-order chi connectivity index (χ0) is 34.8. The second-order valence-electron chi connectivity index (χ2n) is 16.5. The SMILES string of the molecule is CCCCCCCC(CCCCCCC)C[n+]1ccc(-c2cc[n+](CCCCCOc3cc(C(C)(C)C)cc(C(C)(C)C)c3)cc2)cc1. The predicted octanol–water partition coefficient (Wildman–Crippen LogP) is 12.1. The lowest BCUT2D eigenvalue weighted by atomic mass is 9.80. The van der Waals surface area contributed by atoms with Crippen LogP contribution in [0.5, 0.6) is 5.75 Å². The van der Waals surface area contributed by atoms with E-state index < -0.39 is 0 Å². The maximum atomic E-state index is 6.28. The molecule has 0 radical (unpaired) electrons. The Morgan fingerprint density at radius 3 is 1.48 bits per heavy atom. The molecule has 266 valence electrons. The van der Waals surface area contributed by atoms with Gasteiger partial charge >= 0.3 is 0 Å². The standard InChI is InChI=1S/C45H72N2O/c1-9-11-13-15-18-22-38(23-19-16-14-12-10-2)37-47-31-26-40(27-32-47)39-24-29-46(30-25-39)28-20-17-21-33-48-43-35-41(44(3,4)5)34-42(36-43)45(6,7)8/h24-27,29-32,34-36,38H,9-23,28,33,37H2,1-8H3/q+2. The van der Waals surface area contributed by atoms with Crippen molar-refractivity contribution < 1.29 is 13.9 Å². The van der Waals surface area contributed by atoms with Crippen molar-refractivity contribution in [3.05, 3.63) is 78.4 Å². The summed E-state index contributed by atoms with van der Waals surface area (Å²) >= 11 is 0. The summed E-state index contributed by atoms with van der Waals surface area (Å²) in [5.41, 5.74) is 5.51. The molecule has 0 N–H and O–H groups in total. The van der Waals surface area contributed by atoms with Crippen LogP contribution in [-0.2, 0) is 23.9 Å². The Labute approximate surface area is 296 Å². The van der Waals surface area contributed by atoms with Gasteiger partial charge in [0, 0.05) is 36.6 Å². The Hall–Kier alpha value is -2.68. The van der Waals surface area contributed by atoms with E-state index in [1.807, 2.05) is 0 Å². The predicted molar refractivity (Wildman–Crippen MR) is 206 cm³/mol. The number of pyridine rings is 2. The topological polar surface area (TPSA) is 17.0 Å². The first-order chi connectivity index (χ1) is 23.0. The number of nitrogens with zero attached hydrogens (tertiary/aromatic N) is 2. The number of hydrogen-bond acceptors (Lipinski definition) is 1. The first-order valence-corrected chi connectivity index (χ1v) is 19.8. The second kappa shape index (κ2) is 20.7. The van der Waals surface area contributed by atoms with Crippen LogP contribution in [0.3, 0.4) is 0 Å². The van der Waals surface area contributed by atoms with Crippen molar-refractivity contribution in [2.75, 3.05) is 6.61 Å². The van der Waals surface area contributed by atoms with Crippen LogP contribution in [0.1, 0.15) is 163 Å². The van der Waals surface area contributed by atoms with Crippen LogP contribution in [-0.4, -0.2) is 6.61 Å². The fraction of sp³-hybridized carbons (Fsp3) is 0.644. The van der Waals surface area contributed by atoms with Crippen LogP contribution < -0.4 is 13.9 Å². The highest BCUT2D eigenvalue weighted by molar-refractivity contribution is 5.60. The van der Waals surface area contributed by atoms with Gasteiger partial charge in [0.15, 0.2) is 31.3 Å². The van der Waals surface area contributed by atoms with E-state index in [9.17, 15) is 0 Å². The van der Waals surface area contributed by atoms with Crippen molar-refractivity contribution in [2.24, 2.45) is 5.92 Å². The quantitative estimate of drug-likeness (QED) is 0.0777. The lowest BCUT2D eigenvalue weighted by Crippen LogP contribution is -2.36. The molecule has 1 aromatic carbocycles. The van der Waals surface area contributed by atoms with Crippen LogP contribution in [0, 0.1) is 5.92 Å². The minimum atomic E-state index is 0.109. The molecule has 0 atom stereocenters. The van der Waals surface area contributed by atoms with Gasteiger partial charge in [-0.2, -0.15) is 0 Å². The highest BCUT2D eigenvalue weighted by Crippen LogP contribution is 2.33. The van der Waals surface area contributed by atoms with Gasteiger partial charge in [-0.15, -0.1) is 0 Å². The van der Waals surface area contributed by atoms with E-state index in [-0.39, 0.29) is 10.8 Å². The minimum absolute atomic E-state index is 0.109. The summed E-state index contributed by atoms with van der Waals surface area (Å²) < 4.78 is 11.0. The molecular weight excluding hydrogens is 585 g/mol. The van der Waals surface area contributed by atoms with Crippen LogP contribution in [0.4, 0.5) is 0 Å². The highest BCUT2D eigenvalue weighted by atomic mass is 16.5. The molecule has 3 heteroatoms. The Balaban J connectivity index is 1.44. The molecule has 0 saturated carbocycles. The Bertz CT molecular complexity index is 1230. The van der Waals surface area contributed by atoms with E-state index in [2.05, 4.69) is 132 Å². The van der Waals surface area contributed by atoms with Crippen molar-refractivity contribution in [3.8, 4) is 16.9 Å². The number of hydrogen-bond donors (Lipinski definition) is 0. The van der Waals surface area contributed by atoms with Gasteiger partial charge < -0.3 is 4.74 Å². The monoisotopic (exact) mass is 657 g/mol. The molecule has 3 nitrogen and oxygen atoms in total. The summed E-state index contributed by atoms with van der Waals surface area (Å²) in [7, 11) is 0. The van der Waals surface area contributed by atoms with Gasteiger partial charge in [0.2, 0.25) is 0 Å². The zero-order valence-electron chi connectivity index (χ0n) is 32.5. The third-order valence-electron chi connectivity index (χ3n) is 9.98. The van der Waals surface area contributed by atoms with Crippen molar-refractivity contribution >= 4 is 0 Å². The third-order valence-corrected chi connectivity index (χ3v) is 9.98. The van der Waals surface area contributed by atoms with Crippen LogP contribution in [0.15, 0.2) is 67.3 Å². The molecule has 2 aromatic heterocycles. The van der Waals surface area contributed by atoms with E-state index in [4.69, 9.17) is 4.74 Å². The minimum Gasteiger partial charge on any atom is -0.494 e. The first-order valence-electron chi connectivity index (χ1n) is 19.8. The van der Waals surface area contributed by atoms with E-state index in [0.29, 0.717) is 0 Å². The van der Waals surface area contributed by atoms with Gasteiger partial charge in [-0.25, -0.2) is 9.13 Å². The molecule has 2 heterocycles. The fourth-order valence-electron chi connectivity index (χ4n) is 6.58. The van der Waals surface area contributed by atoms with Crippen molar-refractivity contribution in [1.29, 1.82) is 0 Å². The summed E-state index contributed by atoms with van der Waals surface area (Å²) in [5, 5.41) is 0. The smallest absolute Gasteiger partial charge is 0.169 e. The van der Waals surface area contributed by atoms with Gasteiger partial charge in [0.1, 0.15) is 12.3 Å². The average Bonchev–Trinajstić information content (AvgIpc) is 3.05. The highest BCUT2D eigenvalue weighted by Gasteiger charge is 2.21. The molecule has 48 heavy (non-hydrogen) atoms. The Kier molecular flexibility index (Phi) is 17.2. The summed E-state index contributed by atoms with van der Waals surface area (Å²) in [5.74, 6) is 1.81. The molecule has 0 fully saturated rings. The summed E-state index contributed by atoms with van der Waals surface area (Å²) in [6.45, 7) is 21.3. The van der Waals surface area contributed by atoms with E-state index in [1.165, 1.54) is 99.3 Å². The third kappa shape index (κ3) is 14.8. The van der Waals surface area contributed by atoms with Crippen LogP contribution in [0.25, 0.3) is 11.1 Å². The second-order valence-corrected chi connectivity index (χ2v) is 16.5. The molecule has 0 aliphatic heterocycles. The number of unbranched alkanes of at least 4 members (excludes halogenated alkanes) is 10. The van der Waals surface area contributed by atoms with Crippen LogP contribution in [0.2, 0.25) is 0 Å². The van der Waals surface area contributed by atoms with Gasteiger partial charge in [0.05, 0.1) is 6.61 Å². The first kappa shape index (κ1) is 39.8. The lowest BCUT2D eigenvalue weighted by molar-refractivity contribution is -0.703. The average molecular weight is 657 g/mol. The molecule has 0 bridgehead atoms. The van der Waals surface area contributed by atoms with Gasteiger partial charge in [-0.3, -0.25) is 0 Å². The fourth-order valence-corrected chi connectivity index (χ4v) is 6.58.